The van der Waals surface area contributed by atoms with Crippen molar-refractivity contribution >= 4 is 11.9 Å². The van der Waals surface area contributed by atoms with Gasteiger partial charge in [-0.25, -0.2) is 0 Å². The van der Waals surface area contributed by atoms with Gasteiger partial charge in [0, 0.05) is 19.0 Å². The summed E-state index contributed by atoms with van der Waals surface area (Å²) in [5.74, 6) is -0.723. The van der Waals surface area contributed by atoms with Crippen LogP contribution in [0.4, 0.5) is 0 Å². The van der Waals surface area contributed by atoms with E-state index in [2.05, 4.69) is 13.0 Å². The standard InChI is InChI=1S/C18H23NO4/c1-10-6-13-8-16(23-15(13)7-11(10)2)17(20)19(14-4-5-14)9-12(3)18(21)22/h6-7,12,14,16H,4-5,8-9H2,1-3H3,(H,21,22). The number of aryl methyl sites for hydroxylation is 2. The first-order valence-corrected chi connectivity index (χ1v) is 8.17. The molecule has 23 heavy (non-hydrogen) atoms. The monoisotopic (exact) mass is 317 g/mol. The lowest BCUT2D eigenvalue weighted by Crippen LogP contribution is -2.45. The minimum absolute atomic E-state index is 0.0768. The topological polar surface area (TPSA) is 66.8 Å². The Balaban J connectivity index is 1.73. The first kappa shape index (κ1) is 15.8. The minimum Gasteiger partial charge on any atom is -0.481 e. The highest BCUT2D eigenvalue weighted by atomic mass is 16.5. The Hall–Kier alpha value is -2.04. The summed E-state index contributed by atoms with van der Waals surface area (Å²) in [6, 6.07) is 4.25. The van der Waals surface area contributed by atoms with Gasteiger partial charge in [0.15, 0.2) is 6.10 Å². The maximum atomic E-state index is 12.8. The highest BCUT2D eigenvalue weighted by Gasteiger charge is 2.40. The quantitative estimate of drug-likeness (QED) is 0.905. The van der Waals surface area contributed by atoms with E-state index in [0.29, 0.717) is 6.42 Å². The Kier molecular flexibility index (Phi) is 4.04. The lowest BCUT2D eigenvalue weighted by Gasteiger charge is -2.26. The van der Waals surface area contributed by atoms with Crippen molar-refractivity contribution in [2.45, 2.75) is 52.2 Å². The van der Waals surface area contributed by atoms with Gasteiger partial charge in [-0.2, -0.15) is 0 Å². The molecule has 0 bridgehead atoms. The molecule has 1 aromatic rings. The first-order chi connectivity index (χ1) is 10.9. The summed E-state index contributed by atoms with van der Waals surface area (Å²) in [7, 11) is 0. The average Bonchev–Trinajstić information content (AvgIpc) is 3.25. The van der Waals surface area contributed by atoms with Crippen molar-refractivity contribution in [1.29, 1.82) is 0 Å². The third kappa shape index (κ3) is 3.19. The van der Waals surface area contributed by atoms with E-state index in [1.807, 2.05) is 13.0 Å². The Morgan fingerprint density at radius 1 is 1.30 bits per heavy atom. The molecule has 2 unspecified atom stereocenters. The van der Waals surface area contributed by atoms with Crippen LogP contribution in [0.15, 0.2) is 12.1 Å². The maximum absolute atomic E-state index is 12.8. The molecule has 1 aliphatic carbocycles. The zero-order chi connectivity index (χ0) is 16.7. The number of amides is 1. The van der Waals surface area contributed by atoms with Gasteiger partial charge in [0.05, 0.1) is 5.92 Å². The predicted molar refractivity (Wildman–Crippen MR) is 85.6 cm³/mol. The third-order valence-corrected chi connectivity index (χ3v) is 4.79. The summed E-state index contributed by atoms with van der Waals surface area (Å²) in [4.78, 5) is 25.7. The second kappa shape index (κ2) is 5.87. The van der Waals surface area contributed by atoms with Gasteiger partial charge in [0.25, 0.3) is 5.91 Å². The molecule has 2 atom stereocenters. The van der Waals surface area contributed by atoms with Crippen molar-refractivity contribution in [3.63, 3.8) is 0 Å². The maximum Gasteiger partial charge on any atom is 0.308 e. The molecule has 0 aromatic heterocycles. The molecule has 1 aromatic carbocycles. The normalized spacial score (nSPS) is 20.6. The van der Waals surface area contributed by atoms with Gasteiger partial charge in [0.1, 0.15) is 5.75 Å². The van der Waals surface area contributed by atoms with Gasteiger partial charge in [-0.15, -0.1) is 0 Å². The number of carboxylic acids is 1. The molecule has 1 fully saturated rings. The van der Waals surface area contributed by atoms with E-state index in [4.69, 9.17) is 9.84 Å². The molecule has 1 aliphatic heterocycles. The van der Waals surface area contributed by atoms with Crippen molar-refractivity contribution in [2.75, 3.05) is 6.54 Å². The van der Waals surface area contributed by atoms with Crippen LogP contribution in [-0.4, -0.2) is 40.6 Å². The number of nitrogens with zero attached hydrogens (tertiary/aromatic N) is 1. The van der Waals surface area contributed by atoms with Gasteiger partial charge >= 0.3 is 5.97 Å². The van der Waals surface area contributed by atoms with Crippen LogP contribution in [0.5, 0.6) is 5.75 Å². The van der Waals surface area contributed by atoms with Crippen LogP contribution < -0.4 is 4.74 Å². The third-order valence-electron chi connectivity index (χ3n) is 4.79. The first-order valence-electron chi connectivity index (χ1n) is 8.17. The summed E-state index contributed by atoms with van der Waals surface area (Å²) in [6.07, 6.45) is 1.96. The van der Waals surface area contributed by atoms with Crippen LogP contribution in [0.3, 0.4) is 0 Å². The average molecular weight is 317 g/mol. The highest BCUT2D eigenvalue weighted by Crippen LogP contribution is 2.34. The number of carboxylic acid groups (broad SMARTS) is 1. The summed E-state index contributed by atoms with van der Waals surface area (Å²) in [5, 5.41) is 9.11. The fourth-order valence-electron chi connectivity index (χ4n) is 3.01. The second-order valence-electron chi connectivity index (χ2n) is 6.82. The molecule has 1 N–H and O–H groups in total. The summed E-state index contributed by atoms with van der Waals surface area (Å²) < 4.78 is 5.87. The molecular formula is C18H23NO4. The van der Waals surface area contributed by atoms with Crippen LogP contribution in [0, 0.1) is 19.8 Å². The summed E-state index contributed by atoms with van der Waals surface area (Å²) in [5.41, 5.74) is 3.41. The van der Waals surface area contributed by atoms with Gasteiger partial charge in [-0.05, 0) is 49.4 Å². The molecule has 124 valence electrons. The molecule has 2 aliphatic rings. The molecular weight excluding hydrogens is 294 g/mol. The van der Waals surface area contributed by atoms with Gasteiger partial charge in [-0.1, -0.05) is 13.0 Å². The lowest BCUT2D eigenvalue weighted by atomic mass is 10.0. The van der Waals surface area contributed by atoms with E-state index in [9.17, 15) is 9.59 Å². The van der Waals surface area contributed by atoms with Crippen LogP contribution in [0.25, 0.3) is 0 Å². The molecule has 0 radical (unpaired) electrons. The second-order valence-corrected chi connectivity index (χ2v) is 6.82. The van der Waals surface area contributed by atoms with Crippen molar-refractivity contribution in [1.82, 2.24) is 4.90 Å². The Bertz CT molecular complexity index is 620. The molecule has 1 saturated carbocycles. The van der Waals surface area contributed by atoms with Crippen LogP contribution in [-0.2, 0) is 16.0 Å². The number of benzene rings is 1. The molecule has 1 amide bonds. The number of carbonyl (C=O) groups excluding carboxylic acids is 1. The lowest BCUT2D eigenvalue weighted by molar-refractivity contribution is -0.145. The van der Waals surface area contributed by atoms with E-state index in [-0.39, 0.29) is 18.5 Å². The summed E-state index contributed by atoms with van der Waals surface area (Å²) >= 11 is 0. The van der Waals surface area contributed by atoms with Crippen LogP contribution in [0.1, 0.15) is 36.5 Å². The SMILES string of the molecule is Cc1cc2c(cc1C)OC(C(=O)N(CC(C)C(=O)O)C1CC1)C2. The van der Waals surface area contributed by atoms with Gasteiger partial charge in [0.2, 0.25) is 0 Å². The zero-order valence-electron chi connectivity index (χ0n) is 13.8. The van der Waals surface area contributed by atoms with E-state index in [0.717, 1.165) is 29.7 Å². The van der Waals surface area contributed by atoms with Gasteiger partial charge < -0.3 is 14.7 Å². The highest BCUT2D eigenvalue weighted by molar-refractivity contribution is 5.84. The number of ether oxygens (including phenoxy) is 1. The van der Waals surface area contributed by atoms with Crippen molar-refractivity contribution in [2.24, 2.45) is 5.92 Å². The van der Waals surface area contributed by atoms with E-state index >= 15 is 0 Å². The number of hydrogen-bond donors (Lipinski definition) is 1. The Morgan fingerprint density at radius 2 is 1.96 bits per heavy atom. The number of rotatable bonds is 5. The van der Waals surface area contributed by atoms with Crippen LogP contribution in [0.2, 0.25) is 0 Å². The molecule has 5 heteroatoms. The number of hydrogen-bond acceptors (Lipinski definition) is 3. The summed E-state index contributed by atoms with van der Waals surface area (Å²) in [6.45, 7) is 5.98. The Labute approximate surface area is 136 Å². The van der Waals surface area contributed by atoms with E-state index in [1.165, 1.54) is 5.56 Å². The number of aliphatic carboxylic acids is 1. The number of carbonyl (C=O) groups is 2. The van der Waals surface area contributed by atoms with Gasteiger partial charge in [-0.3, -0.25) is 9.59 Å². The molecule has 3 rings (SSSR count). The van der Waals surface area contributed by atoms with Crippen molar-refractivity contribution in [3.05, 3.63) is 28.8 Å². The van der Waals surface area contributed by atoms with Crippen molar-refractivity contribution in [3.8, 4) is 5.75 Å². The minimum atomic E-state index is -0.870. The fourth-order valence-corrected chi connectivity index (χ4v) is 3.01. The predicted octanol–water partition coefficient (Wildman–Crippen LogP) is 2.32. The Morgan fingerprint density at radius 3 is 2.57 bits per heavy atom. The molecule has 5 nitrogen and oxygen atoms in total. The molecule has 0 spiro atoms. The molecule has 1 heterocycles. The smallest absolute Gasteiger partial charge is 0.308 e. The largest absolute Gasteiger partial charge is 0.481 e. The van der Waals surface area contributed by atoms with E-state index < -0.39 is 18.0 Å². The van der Waals surface area contributed by atoms with Crippen molar-refractivity contribution < 1.29 is 19.4 Å². The number of fused-ring (bicyclic) bond motifs is 1. The van der Waals surface area contributed by atoms with E-state index in [1.54, 1.807) is 11.8 Å². The zero-order valence-corrected chi connectivity index (χ0v) is 13.8. The van der Waals surface area contributed by atoms with Crippen LogP contribution >= 0.6 is 0 Å². The fraction of sp³-hybridized carbons (Fsp3) is 0.556. The molecule has 0 saturated heterocycles.